The number of rotatable bonds is 9. The topological polar surface area (TPSA) is 100 Å². The van der Waals surface area contributed by atoms with E-state index >= 15 is 0 Å². The molecule has 2 rings (SSSR count). The molecule has 9 nitrogen and oxygen atoms in total. The first kappa shape index (κ1) is 25.0. The van der Waals surface area contributed by atoms with Gasteiger partial charge in [0, 0.05) is 32.7 Å². The number of carbonyl (C=O) groups excluding carboxylic acids is 1. The molecule has 176 valence electrons. The average Bonchev–Trinajstić information content (AvgIpc) is 3.13. The van der Waals surface area contributed by atoms with Gasteiger partial charge in [-0.2, -0.15) is 0 Å². The standard InChI is InChI=1S/C22H39N5O4/c1-6-23-20(24-10-7-11-25-21(28)31-22(3,4)5)26-16-18(19-9-8-17(2)30-19)27-12-14-29-15-13-27/h8-9,18H,6-7,10-16H2,1-5H3,(H,25,28)(H2,23,24,26). The highest BCUT2D eigenvalue weighted by Gasteiger charge is 2.25. The van der Waals surface area contributed by atoms with E-state index in [0.717, 1.165) is 56.7 Å². The molecule has 0 spiro atoms. The Bertz CT molecular complexity index is 692. The normalized spacial score (nSPS) is 16.6. The number of carbonyl (C=O) groups is 1. The zero-order chi connectivity index (χ0) is 22.7. The number of morpholine rings is 1. The Morgan fingerprint density at radius 3 is 2.52 bits per heavy atom. The Balaban J connectivity index is 1.86. The summed E-state index contributed by atoms with van der Waals surface area (Å²) in [7, 11) is 0. The number of furan rings is 1. The minimum absolute atomic E-state index is 0.0712. The van der Waals surface area contributed by atoms with Crippen LogP contribution in [0.1, 0.15) is 51.7 Å². The lowest BCUT2D eigenvalue weighted by Gasteiger charge is -2.32. The van der Waals surface area contributed by atoms with Crippen molar-refractivity contribution in [1.29, 1.82) is 0 Å². The van der Waals surface area contributed by atoms with Crippen molar-refractivity contribution in [2.45, 2.75) is 52.7 Å². The number of nitrogens with zero attached hydrogens (tertiary/aromatic N) is 2. The summed E-state index contributed by atoms with van der Waals surface area (Å²) >= 11 is 0. The Kier molecular flexibility index (Phi) is 10.1. The molecule has 0 saturated carbocycles. The van der Waals surface area contributed by atoms with Crippen molar-refractivity contribution < 1.29 is 18.7 Å². The van der Waals surface area contributed by atoms with Crippen molar-refractivity contribution in [2.24, 2.45) is 4.99 Å². The van der Waals surface area contributed by atoms with E-state index in [1.807, 2.05) is 46.8 Å². The van der Waals surface area contributed by atoms with Crippen LogP contribution in [-0.4, -0.2) is 75.0 Å². The van der Waals surface area contributed by atoms with Crippen molar-refractivity contribution in [2.75, 3.05) is 52.5 Å². The number of hydrogen-bond acceptors (Lipinski definition) is 6. The van der Waals surface area contributed by atoms with Crippen LogP contribution in [0.3, 0.4) is 0 Å². The maximum Gasteiger partial charge on any atom is 0.407 e. The quantitative estimate of drug-likeness (QED) is 0.310. The first-order valence-electron chi connectivity index (χ1n) is 11.2. The molecule has 1 aromatic heterocycles. The summed E-state index contributed by atoms with van der Waals surface area (Å²) in [4.78, 5) is 18.9. The summed E-state index contributed by atoms with van der Waals surface area (Å²) in [6, 6.07) is 4.10. The first-order chi connectivity index (χ1) is 14.8. The first-order valence-corrected chi connectivity index (χ1v) is 11.2. The lowest BCUT2D eigenvalue weighted by molar-refractivity contribution is 0.0135. The third kappa shape index (κ3) is 9.61. The lowest BCUT2D eigenvalue weighted by atomic mass is 10.1. The summed E-state index contributed by atoms with van der Waals surface area (Å²) in [5.74, 6) is 2.58. The number of amides is 1. The van der Waals surface area contributed by atoms with Crippen molar-refractivity contribution in [3.8, 4) is 0 Å². The van der Waals surface area contributed by atoms with Gasteiger partial charge < -0.3 is 29.8 Å². The highest BCUT2D eigenvalue weighted by Crippen LogP contribution is 2.24. The molecule has 1 atom stereocenters. The van der Waals surface area contributed by atoms with Crippen LogP contribution in [-0.2, 0) is 9.47 Å². The summed E-state index contributed by atoms with van der Waals surface area (Å²) in [5.41, 5.74) is -0.489. The summed E-state index contributed by atoms with van der Waals surface area (Å²) < 4.78 is 16.7. The van der Waals surface area contributed by atoms with E-state index in [4.69, 9.17) is 18.9 Å². The molecular formula is C22H39N5O4. The number of nitrogens with one attached hydrogen (secondary N) is 3. The van der Waals surface area contributed by atoms with E-state index in [2.05, 4.69) is 20.9 Å². The highest BCUT2D eigenvalue weighted by molar-refractivity contribution is 5.79. The van der Waals surface area contributed by atoms with Gasteiger partial charge in [0.25, 0.3) is 0 Å². The zero-order valence-electron chi connectivity index (χ0n) is 19.6. The molecule has 0 bridgehead atoms. The van der Waals surface area contributed by atoms with Crippen LogP contribution >= 0.6 is 0 Å². The van der Waals surface area contributed by atoms with E-state index in [0.29, 0.717) is 19.6 Å². The second-order valence-corrected chi connectivity index (χ2v) is 8.54. The Morgan fingerprint density at radius 1 is 1.19 bits per heavy atom. The molecule has 1 aromatic rings. The zero-order valence-corrected chi connectivity index (χ0v) is 19.6. The van der Waals surface area contributed by atoms with E-state index in [-0.39, 0.29) is 6.04 Å². The molecular weight excluding hydrogens is 398 g/mol. The molecule has 0 aliphatic carbocycles. The van der Waals surface area contributed by atoms with E-state index in [1.54, 1.807) is 0 Å². The van der Waals surface area contributed by atoms with Gasteiger partial charge in [0.15, 0.2) is 5.96 Å². The number of alkyl carbamates (subject to hydrolysis) is 1. The van der Waals surface area contributed by atoms with Gasteiger partial charge in [0.1, 0.15) is 17.1 Å². The Hall–Kier alpha value is -2.26. The van der Waals surface area contributed by atoms with Crippen molar-refractivity contribution in [1.82, 2.24) is 20.9 Å². The fourth-order valence-electron chi connectivity index (χ4n) is 3.23. The number of aryl methyl sites for hydroxylation is 1. The number of ether oxygens (including phenoxy) is 2. The minimum atomic E-state index is -0.489. The fraction of sp³-hybridized carbons (Fsp3) is 0.727. The lowest BCUT2D eigenvalue weighted by Crippen LogP contribution is -2.42. The molecule has 1 fully saturated rings. The molecule has 1 aliphatic rings. The summed E-state index contributed by atoms with van der Waals surface area (Å²) in [5, 5.41) is 9.38. The van der Waals surface area contributed by atoms with E-state index in [1.165, 1.54) is 0 Å². The molecule has 3 N–H and O–H groups in total. The number of aliphatic imine (C=N–C) groups is 1. The summed E-state index contributed by atoms with van der Waals surface area (Å²) in [6.07, 6.45) is 0.365. The average molecular weight is 438 g/mol. The third-order valence-electron chi connectivity index (χ3n) is 4.66. The summed E-state index contributed by atoms with van der Waals surface area (Å²) in [6.45, 7) is 15.3. The predicted molar refractivity (Wildman–Crippen MR) is 121 cm³/mol. The van der Waals surface area contributed by atoms with Crippen molar-refractivity contribution in [3.05, 3.63) is 23.7 Å². The van der Waals surface area contributed by atoms with Crippen LogP contribution in [0.15, 0.2) is 21.5 Å². The molecule has 1 aliphatic heterocycles. The minimum Gasteiger partial charge on any atom is -0.465 e. The second-order valence-electron chi connectivity index (χ2n) is 8.54. The Labute approximate surface area is 185 Å². The SMILES string of the molecule is CCNC(=NCC(c1ccc(C)o1)N1CCOCC1)NCCCNC(=O)OC(C)(C)C. The van der Waals surface area contributed by atoms with Gasteiger partial charge in [-0.05, 0) is 53.2 Å². The van der Waals surface area contributed by atoms with Crippen LogP contribution in [0.25, 0.3) is 0 Å². The van der Waals surface area contributed by atoms with Gasteiger partial charge in [-0.3, -0.25) is 9.89 Å². The van der Waals surface area contributed by atoms with Gasteiger partial charge in [-0.1, -0.05) is 0 Å². The van der Waals surface area contributed by atoms with Crippen LogP contribution in [0, 0.1) is 6.92 Å². The van der Waals surface area contributed by atoms with Crippen molar-refractivity contribution >= 4 is 12.1 Å². The maximum atomic E-state index is 11.7. The van der Waals surface area contributed by atoms with Crippen LogP contribution < -0.4 is 16.0 Å². The molecule has 1 amide bonds. The Morgan fingerprint density at radius 2 is 1.90 bits per heavy atom. The van der Waals surface area contributed by atoms with Gasteiger partial charge in [0.05, 0.1) is 25.8 Å². The number of hydrogen-bond donors (Lipinski definition) is 3. The third-order valence-corrected chi connectivity index (χ3v) is 4.66. The van der Waals surface area contributed by atoms with Crippen LogP contribution in [0.4, 0.5) is 4.79 Å². The predicted octanol–water partition coefficient (Wildman–Crippen LogP) is 2.43. The molecule has 0 aromatic carbocycles. The molecule has 31 heavy (non-hydrogen) atoms. The highest BCUT2D eigenvalue weighted by atomic mass is 16.6. The molecule has 2 heterocycles. The second kappa shape index (κ2) is 12.6. The van der Waals surface area contributed by atoms with Gasteiger partial charge in [-0.15, -0.1) is 0 Å². The molecule has 1 saturated heterocycles. The van der Waals surface area contributed by atoms with Gasteiger partial charge >= 0.3 is 6.09 Å². The van der Waals surface area contributed by atoms with Gasteiger partial charge in [-0.25, -0.2) is 4.79 Å². The molecule has 1 unspecified atom stereocenters. The van der Waals surface area contributed by atoms with Crippen LogP contribution in [0.2, 0.25) is 0 Å². The molecule has 0 radical (unpaired) electrons. The van der Waals surface area contributed by atoms with Gasteiger partial charge in [0.2, 0.25) is 0 Å². The largest absolute Gasteiger partial charge is 0.465 e. The van der Waals surface area contributed by atoms with Crippen LogP contribution in [0.5, 0.6) is 0 Å². The maximum absolute atomic E-state index is 11.7. The van der Waals surface area contributed by atoms with E-state index in [9.17, 15) is 4.79 Å². The molecule has 9 heteroatoms. The monoisotopic (exact) mass is 437 g/mol. The smallest absolute Gasteiger partial charge is 0.407 e. The van der Waals surface area contributed by atoms with E-state index < -0.39 is 11.7 Å². The van der Waals surface area contributed by atoms with Crippen molar-refractivity contribution in [3.63, 3.8) is 0 Å². The number of guanidine groups is 1. The fourth-order valence-corrected chi connectivity index (χ4v) is 3.23.